The zero-order valence-corrected chi connectivity index (χ0v) is 16.5. The minimum absolute atomic E-state index is 0.124. The Kier molecular flexibility index (Phi) is 5.89. The second-order valence-corrected chi connectivity index (χ2v) is 7.54. The number of hydrogen-bond donors (Lipinski definition) is 2. The van der Waals surface area contributed by atoms with Crippen molar-refractivity contribution in [2.75, 3.05) is 31.0 Å². The van der Waals surface area contributed by atoms with Crippen LogP contribution >= 0.6 is 0 Å². The number of carbonyl (C=O) groups excluding carboxylic acids is 1. The first kappa shape index (κ1) is 20.8. The average Bonchev–Trinajstić information content (AvgIpc) is 2.90. The summed E-state index contributed by atoms with van der Waals surface area (Å²) in [6.45, 7) is 7.66. The molecule has 1 unspecified atom stereocenters. The number of ether oxygens (including phenoxy) is 3. The largest absolute Gasteiger partial charge is 0.491 e. The van der Waals surface area contributed by atoms with Gasteiger partial charge in [-0.2, -0.15) is 0 Å². The molecular formula is C19H28N2O6. The van der Waals surface area contributed by atoms with Gasteiger partial charge in [0.15, 0.2) is 5.54 Å². The summed E-state index contributed by atoms with van der Waals surface area (Å²) >= 11 is 0. The van der Waals surface area contributed by atoms with Gasteiger partial charge in [0, 0.05) is 19.6 Å². The van der Waals surface area contributed by atoms with E-state index in [9.17, 15) is 14.7 Å². The smallest absolute Gasteiger partial charge is 0.415 e. The van der Waals surface area contributed by atoms with E-state index in [2.05, 4.69) is 0 Å². The fourth-order valence-corrected chi connectivity index (χ4v) is 3.21. The molecule has 0 spiro atoms. The lowest BCUT2D eigenvalue weighted by atomic mass is 9.91. The van der Waals surface area contributed by atoms with Crippen LogP contribution in [-0.4, -0.2) is 48.6 Å². The van der Waals surface area contributed by atoms with Crippen LogP contribution in [0, 0.1) is 0 Å². The van der Waals surface area contributed by atoms with Crippen molar-refractivity contribution in [3.8, 4) is 5.75 Å². The van der Waals surface area contributed by atoms with Crippen LogP contribution in [0.15, 0.2) is 12.1 Å². The van der Waals surface area contributed by atoms with Gasteiger partial charge in [-0.05, 0) is 38.8 Å². The van der Waals surface area contributed by atoms with Gasteiger partial charge in [0.25, 0.3) is 0 Å². The molecule has 0 aromatic heterocycles. The number of nitrogen functional groups attached to an aromatic ring is 1. The Morgan fingerprint density at radius 3 is 2.48 bits per heavy atom. The van der Waals surface area contributed by atoms with Gasteiger partial charge in [-0.3, -0.25) is 4.90 Å². The Hall–Kier alpha value is -2.48. The number of carboxylic acids is 1. The summed E-state index contributed by atoms with van der Waals surface area (Å²) in [5, 5.41) is 9.95. The number of nitrogens with two attached hydrogens (primary N) is 1. The molecule has 1 aliphatic heterocycles. The summed E-state index contributed by atoms with van der Waals surface area (Å²) in [5.41, 5.74) is 5.24. The summed E-state index contributed by atoms with van der Waals surface area (Å²) < 4.78 is 16.0. The third-order valence-electron chi connectivity index (χ3n) is 4.44. The maximum atomic E-state index is 12.9. The van der Waals surface area contributed by atoms with Gasteiger partial charge in [0.05, 0.1) is 18.0 Å². The SMILES string of the molecule is CCC1(C(=O)O)Cc2cc(OCCOC)cc(N)c2N1C(=O)OC(C)(C)C. The molecule has 0 saturated carbocycles. The number of rotatable bonds is 6. The van der Waals surface area contributed by atoms with Crippen LogP contribution in [0.3, 0.4) is 0 Å². The third kappa shape index (κ3) is 4.10. The molecule has 8 heteroatoms. The zero-order valence-electron chi connectivity index (χ0n) is 16.5. The monoisotopic (exact) mass is 380 g/mol. The highest BCUT2D eigenvalue weighted by molar-refractivity contribution is 6.04. The lowest BCUT2D eigenvalue weighted by molar-refractivity contribution is -0.143. The Morgan fingerprint density at radius 2 is 1.96 bits per heavy atom. The van der Waals surface area contributed by atoms with Crippen molar-refractivity contribution in [3.05, 3.63) is 17.7 Å². The van der Waals surface area contributed by atoms with E-state index in [4.69, 9.17) is 19.9 Å². The van der Waals surface area contributed by atoms with Crippen molar-refractivity contribution >= 4 is 23.4 Å². The third-order valence-corrected chi connectivity index (χ3v) is 4.44. The Morgan fingerprint density at radius 1 is 1.30 bits per heavy atom. The molecule has 0 aliphatic carbocycles. The van der Waals surface area contributed by atoms with Gasteiger partial charge in [0.2, 0.25) is 0 Å². The summed E-state index contributed by atoms with van der Waals surface area (Å²) in [4.78, 5) is 26.2. The molecule has 1 heterocycles. The molecule has 1 aromatic rings. The second kappa shape index (κ2) is 7.64. The number of fused-ring (bicyclic) bond motifs is 1. The van der Waals surface area contributed by atoms with Gasteiger partial charge < -0.3 is 25.1 Å². The van der Waals surface area contributed by atoms with Crippen molar-refractivity contribution in [1.82, 2.24) is 0 Å². The number of aliphatic carboxylic acids is 1. The molecule has 1 amide bonds. The van der Waals surface area contributed by atoms with Crippen molar-refractivity contribution in [2.45, 2.75) is 51.7 Å². The standard InChI is InChI=1S/C19H28N2O6/c1-6-19(16(22)23)11-12-9-13(26-8-7-25-5)10-14(20)15(12)21(19)17(24)27-18(2,3)4/h9-10H,6-8,11,20H2,1-5H3,(H,22,23). The summed E-state index contributed by atoms with van der Waals surface area (Å²) in [6, 6.07) is 3.30. The lowest BCUT2D eigenvalue weighted by Gasteiger charge is -2.35. The Bertz CT molecular complexity index is 728. The molecular weight excluding hydrogens is 352 g/mol. The van der Waals surface area contributed by atoms with Gasteiger partial charge >= 0.3 is 12.1 Å². The quantitative estimate of drug-likeness (QED) is 0.576. The van der Waals surface area contributed by atoms with E-state index in [0.717, 1.165) is 0 Å². The molecule has 1 aliphatic rings. The molecule has 0 radical (unpaired) electrons. The first-order valence-corrected chi connectivity index (χ1v) is 8.86. The number of nitrogens with zero attached hydrogens (tertiary/aromatic N) is 1. The van der Waals surface area contributed by atoms with Crippen molar-refractivity contribution < 1.29 is 28.9 Å². The van der Waals surface area contributed by atoms with E-state index >= 15 is 0 Å². The Labute approximate surface area is 159 Å². The number of amides is 1. The normalized spacial score (nSPS) is 18.9. The van der Waals surface area contributed by atoms with Gasteiger partial charge in [-0.15, -0.1) is 0 Å². The number of anilines is 2. The molecule has 8 nitrogen and oxygen atoms in total. The van der Waals surface area contributed by atoms with E-state index in [1.54, 1.807) is 46.9 Å². The number of hydrogen-bond acceptors (Lipinski definition) is 6. The van der Waals surface area contributed by atoms with E-state index < -0.39 is 23.2 Å². The van der Waals surface area contributed by atoms with Gasteiger partial charge in [-0.1, -0.05) is 6.92 Å². The van der Waals surface area contributed by atoms with Crippen molar-refractivity contribution in [2.24, 2.45) is 0 Å². The maximum Gasteiger partial charge on any atom is 0.415 e. The van der Waals surface area contributed by atoms with Crippen molar-refractivity contribution in [3.63, 3.8) is 0 Å². The maximum absolute atomic E-state index is 12.9. The molecule has 150 valence electrons. The highest BCUT2D eigenvalue weighted by Crippen LogP contribution is 2.47. The van der Waals surface area contributed by atoms with E-state index in [1.807, 2.05) is 0 Å². The topological polar surface area (TPSA) is 111 Å². The summed E-state index contributed by atoms with van der Waals surface area (Å²) in [7, 11) is 1.57. The van der Waals surface area contributed by atoms with Gasteiger partial charge in [-0.25, -0.2) is 9.59 Å². The van der Waals surface area contributed by atoms with Crippen LogP contribution in [0.1, 0.15) is 39.7 Å². The van der Waals surface area contributed by atoms with Gasteiger partial charge in [0.1, 0.15) is 18.0 Å². The fourth-order valence-electron chi connectivity index (χ4n) is 3.21. The zero-order chi connectivity index (χ0) is 20.4. The average molecular weight is 380 g/mol. The van der Waals surface area contributed by atoms with Crippen LogP contribution in [0.2, 0.25) is 0 Å². The number of carbonyl (C=O) groups is 2. The van der Waals surface area contributed by atoms with E-state index in [-0.39, 0.29) is 18.5 Å². The first-order valence-electron chi connectivity index (χ1n) is 8.86. The molecule has 1 aromatic carbocycles. The van der Waals surface area contributed by atoms with Crippen LogP contribution in [0.25, 0.3) is 0 Å². The predicted molar refractivity (Wildman–Crippen MR) is 101 cm³/mol. The highest BCUT2D eigenvalue weighted by atomic mass is 16.6. The first-order chi connectivity index (χ1) is 12.6. The molecule has 2 rings (SSSR count). The molecule has 1 atom stereocenters. The molecule has 0 saturated heterocycles. The lowest BCUT2D eigenvalue weighted by Crippen LogP contribution is -2.56. The minimum atomic E-state index is -1.45. The number of methoxy groups -OCH3 is 1. The molecule has 0 bridgehead atoms. The predicted octanol–water partition coefficient (Wildman–Crippen LogP) is 2.83. The van der Waals surface area contributed by atoms with Crippen LogP contribution in [0.4, 0.5) is 16.2 Å². The summed E-state index contributed by atoms with van der Waals surface area (Å²) in [5.74, 6) is -0.599. The fraction of sp³-hybridized carbons (Fsp3) is 0.579. The highest BCUT2D eigenvalue weighted by Gasteiger charge is 2.54. The van der Waals surface area contributed by atoms with Crippen LogP contribution in [0.5, 0.6) is 5.75 Å². The minimum Gasteiger partial charge on any atom is -0.491 e. The molecule has 27 heavy (non-hydrogen) atoms. The summed E-state index contributed by atoms with van der Waals surface area (Å²) in [6.07, 6.45) is -0.403. The van der Waals surface area contributed by atoms with E-state index in [0.29, 0.717) is 30.2 Å². The number of carboxylic acid groups (broad SMARTS) is 1. The Balaban J connectivity index is 2.50. The second-order valence-electron chi connectivity index (χ2n) is 7.54. The molecule has 3 N–H and O–H groups in total. The van der Waals surface area contributed by atoms with Crippen LogP contribution < -0.4 is 15.4 Å². The van der Waals surface area contributed by atoms with Crippen molar-refractivity contribution in [1.29, 1.82) is 0 Å². The van der Waals surface area contributed by atoms with E-state index in [1.165, 1.54) is 4.90 Å². The molecule has 0 fully saturated rings. The number of benzene rings is 1. The van der Waals surface area contributed by atoms with Crippen LogP contribution in [-0.2, 0) is 20.7 Å².